The molecule has 3 amide bonds. The molecule has 0 spiro atoms. The van der Waals surface area contributed by atoms with E-state index >= 15 is 0 Å². The Morgan fingerprint density at radius 2 is 1.68 bits per heavy atom. The predicted octanol–water partition coefficient (Wildman–Crippen LogP) is 1.72. The summed E-state index contributed by atoms with van der Waals surface area (Å²) in [5.74, 6) is -0.641. The van der Waals surface area contributed by atoms with Gasteiger partial charge in [-0.05, 0) is 43.3 Å². The average molecular weight is 458 g/mol. The summed E-state index contributed by atoms with van der Waals surface area (Å²) in [6.45, 7) is 1.44. The van der Waals surface area contributed by atoms with Crippen LogP contribution in [0, 0.1) is 0 Å². The number of aromatic amines is 1. The number of methoxy groups -OCH3 is 1. The molecule has 4 aromatic rings. The van der Waals surface area contributed by atoms with Crippen molar-refractivity contribution < 1.29 is 19.1 Å². The van der Waals surface area contributed by atoms with E-state index in [9.17, 15) is 19.2 Å². The average Bonchev–Trinajstić information content (AvgIpc) is 3.38. The van der Waals surface area contributed by atoms with Gasteiger partial charge in [-0.1, -0.05) is 12.1 Å². The molecule has 1 aliphatic heterocycles. The molecule has 0 saturated heterocycles. The number of rotatable bonds is 5. The van der Waals surface area contributed by atoms with E-state index in [1.807, 2.05) is 0 Å². The van der Waals surface area contributed by atoms with Gasteiger partial charge in [-0.25, -0.2) is 0 Å². The highest BCUT2D eigenvalue weighted by Crippen LogP contribution is 2.25. The highest BCUT2D eigenvalue weighted by atomic mass is 16.5. The zero-order chi connectivity index (χ0) is 24.0. The van der Waals surface area contributed by atoms with Gasteiger partial charge in [0.05, 0.1) is 18.2 Å². The number of carbonyl (C=O) groups is 3. The van der Waals surface area contributed by atoms with Crippen molar-refractivity contribution in [1.82, 2.24) is 24.5 Å². The van der Waals surface area contributed by atoms with Crippen LogP contribution < -0.4 is 15.6 Å². The molecule has 34 heavy (non-hydrogen) atoms. The van der Waals surface area contributed by atoms with Crippen LogP contribution in [0.15, 0.2) is 59.4 Å². The van der Waals surface area contributed by atoms with Crippen molar-refractivity contribution >= 4 is 29.3 Å². The van der Waals surface area contributed by atoms with Crippen LogP contribution in [-0.2, 0) is 4.79 Å². The van der Waals surface area contributed by atoms with E-state index < -0.39 is 29.3 Å². The Bertz CT molecular complexity index is 1490. The van der Waals surface area contributed by atoms with Crippen molar-refractivity contribution in [2.24, 2.45) is 0 Å². The lowest BCUT2D eigenvalue weighted by atomic mass is 10.1. The summed E-state index contributed by atoms with van der Waals surface area (Å²) in [5.41, 5.74) is 0.643. The van der Waals surface area contributed by atoms with Crippen LogP contribution in [0.25, 0.3) is 17.2 Å². The van der Waals surface area contributed by atoms with E-state index in [1.165, 1.54) is 23.6 Å². The van der Waals surface area contributed by atoms with Crippen LogP contribution in [0.5, 0.6) is 5.75 Å². The molecule has 0 fully saturated rings. The highest BCUT2D eigenvalue weighted by Gasteiger charge is 2.40. The minimum Gasteiger partial charge on any atom is -0.497 e. The van der Waals surface area contributed by atoms with E-state index in [2.05, 4.69) is 20.4 Å². The molecule has 0 saturated carbocycles. The summed E-state index contributed by atoms with van der Waals surface area (Å²) in [4.78, 5) is 58.4. The van der Waals surface area contributed by atoms with Crippen LogP contribution in [0.4, 0.5) is 5.82 Å². The van der Waals surface area contributed by atoms with E-state index in [1.54, 1.807) is 43.5 Å². The summed E-state index contributed by atoms with van der Waals surface area (Å²) in [6, 6.07) is 13.4. The van der Waals surface area contributed by atoms with Crippen molar-refractivity contribution in [3.8, 4) is 17.1 Å². The van der Waals surface area contributed by atoms with Crippen molar-refractivity contribution in [2.75, 3.05) is 12.4 Å². The molecule has 3 heterocycles. The van der Waals surface area contributed by atoms with E-state index in [0.717, 1.165) is 11.0 Å². The Hall–Kier alpha value is -4.80. The molecule has 170 valence electrons. The number of imide groups is 1. The number of aromatic nitrogens is 4. The summed E-state index contributed by atoms with van der Waals surface area (Å²) in [6.07, 6.45) is 0. The number of carbonyl (C=O) groups excluding carboxylic acids is 3. The van der Waals surface area contributed by atoms with Crippen LogP contribution in [-0.4, -0.2) is 55.4 Å². The Labute approximate surface area is 192 Å². The zero-order valence-corrected chi connectivity index (χ0v) is 18.1. The first-order valence-electron chi connectivity index (χ1n) is 10.3. The number of ether oxygens (including phenoxy) is 1. The Kier molecular flexibility index (Phi) is 4.93. The van der Waals surface area contributed by atoms with Crippen molar-refractivity contribution in [2.45, 2.75) is 13.0 Å². The molecular weight excluding hydrogens is 440 g/mol. The molecule has 5 rings (SSSR count). The van der Waals surface area contributed by atoms with Gasteiger partial charge in [-0.3, -0.25) is 29.1 Å². The van der Waals surface area contributed by atoms with Crippen LogP contribution in [0.2, 0.25) is 0 Å². The molecule has 1 unspecified atom stereocenters. The fourth-order valence-corrected chi connectivity index (χ4v) is 3.75. The molecule has 11 heteroatoms. The van der Waals surface area contributed by atoms with Gasteiger partial charge in [0, 0.05) is 11.6 Å². The second kappa shape index (κ2) is 7.96. The van der Waals surface area contributed by atoms with E-state index in [4.69, 9.17) is 4.74 Å². The molecule has 2 N–H and O–H groups in total. The molecule has 0 aliphatic carbocycles. The van der Waals surface area contributed by atoms with Gasteiger partial charge in [0.2, 0.25) is 11.7 Å². The minimum atomic E-state index is -1.13. The third-order valence-corrected chi connectivity index (χ3v) is 5.53. The number of nitrogens with one attached hydrogen (secondary N) is 2. The first-order chi connectivity index (χ1) is 16.4. The third kappa shape index (κ3) is 3.39. The van der Waals surface area contributed by atoms with Crippen LogP contribution in [0.1, 0.15) is 27.6 Å². The molecule has 11 nitrogen and oxygen atoms in total. The third-order valence-electron chi connectivity index (χ3n) is 5.53. The second-order valence-electron chi connectivity index (χ2n) is 7.61. The number of benzene rings is 2. The SMILES string of the molecule is COc1ccc(-c2nc3[nH]c(=O)cc(NC(=O)C(C)N4C(=O)c5ccccc5C4=O)n3n2)cc1. The molecule has 2 aromatic carbocycles. The largest absolute Gasteiger partial charge is 0.497 e. The van der Waals surface area contributed by atoms with Crippen LogP contribution in [0.3, 0.4) is 0 Å². The monoisotopic (exact) mass is 458 g/mol. The molecular formula is C23H18N6O5. The van der Waals surface area contributed by atoms with E-state index in [0.29, 0.717) is 17.1 Å². The van der Waals surface area contributed by atoms with Gasteiger partial charge >= 0.3 is 0 Å². The standard InChI is InChI=1S/C23H18N6O5/c1-12(28-21(32)15-5-3-4-6-16(15)22(28)33)20(31)24-17-11-18(30)25-23-26-19(27-29(17)23)13-7-9-14(34-2)10-8-13/h3-12H,1-2H3,(H,24,31)(H,25,26,27,30). The first kappa shape index (κ1) is 21.1. The molecule has 2 aromatic heterocycles. The predicted molar refractivity (Wildman–Crippen MR) is 121 cm³/mol. The van der Waals surface area contributed by atoms with Gasteiger partial charge in [0.25, 0.3) is 17.4 Å². The number of anilines is 1. The molecule has 1 atom stereocenters. The van der Waals surface area contributed by atoms with Gasteiger partial charge in [-0.2, -0.15) is 9.50 Å². The number of amides is 3. The van der Waals surface area contributed by atoms with Gasteiger partial charge in [-0.15, -0.1) is 5.10 Å². The highest BCUT2D eigenvalue weighted by molar-refractivity contribution is 6.23. The minimum absolute atomic E-state index is 0.0412. The zero-order valence-electron chi connectivity index (χ0n) is 18.1. The van der Waals surface area contributed by atoms with Crippen molar-refractivity contribution in [1.29, 1.82) is 0 Å². The maximum Gasteiger partial charge on any atom is 0.262 e. The number of fused-ring (bicyclic) bond motifs is 2. The second-order valence-corrected chi connectivity index (χ2v) is 7.61. The first-order valence-corrected chi connectivity index (χ1v) is 10.3. The van der Waals surface area contributed by atoms with Gasteiger partial charge in [0.1, 0.15) is 17.6 Å². The molecule has 0 radical (unpaired) electrons. The fraction of sp³-hybridized carbons (Fsp3) is 0.130. The Morgan fingerprint density at radius 3 is 2.29 bits per heavy atom. The number of nitrogens with zero attached hydrogens (tertiary/aromatic N) is 4. The lowest BCUT2D eigenvalue weighted by Crippen LogP contribution is -2.45. The van der Waals surface area contributed by atoms with Gasteiger partial charge < -0.3 is 10.1 Å². The van der Waals surface area contributed by atoms with Crippen LogP contribution >= 0.6 is 0 Å². The summed E-state index contributed by atoms with van der Waals surface area (Å²) >= 11 is 0. The number of hydrogen-bond acceptors (Lipinski definition) is 7. The number of H-pyrrole nitrogens is 1. The Morgan fingerprint density at radius 1 is 1.03 bits per heavy atom. The van der Waals surface area contributed by atoms with Gasteiger partial charge in [0.15, 0.2) is 5.82 Å². The number of hydrogen-bond donors (Lipinski definition) is 2. The quantitative estimate of drug-likeness (QED) is 0.434. The summed E-state index contributed by atoms with van der Waals surface area (Å²) < 4.78 is 6.42. The lowest BCUT2D eigenvalue weighted by molar-refractivity contribution is -0.119. The topological polar surface area (TPSA) is 139 Å². The lowest BCUT2D eigenvalue weighted by Gasteiger charge is -2.21. The maximum atomic E-state index is 13.0. The maximum absolute atomic E-state index is 13.0. The van der Waals surface area contributed by atoms with E-state index in [-0.39, 0.29) is 22.7 Å². The molecule has 1 aliphatic rings. The van der Waals surface area contributed by atoms with Crippen molar-refractivity contribution in [3.63, 3.8) is 0 Å². The smallest absolute Gasteiger partial charge is 0.262 e. The fourth-order valence-electron chi connectivity index (χ4n) is 3.75. The normalized spacial score (nSPS) is 13.8. The van der Waals surface area contributed by atoms with Crippen molar-refractivity contribution in [3.05, 3.63) is 76.1 Å². The summed E-state index contributed by atoms with van der Waals surface area (Å²) in [5, 5.41) is 6.97. The molecule has 0 bridgehead atoms. The summed E-state index contributed by atoms with van der Waals surface area (Å²) in [7, 11) is 1.56. The Balaban J connectivity index is 1.45.